The summed E-state index contributed by atoms with van der Waals surface area (Å²) in [6, 6.07) is 17.4. The molecule has 0 saturated carbocycles. The van der Waals surface area contributed by atoms with Gasteiger partial charge in [0.25, 0.3) is 0 Å². The number of carbonyl (C=O) groups is 1. The number of hydrogen-bond acceptors (Lipinski definition) is 3. The monoisotopic (exact) mass is 373 g/mol. The van der Waals surface area contributed by atoms with Gasteiger partial charge in [0.2, 0.25) is 0 Å². The summed E-state index contributed by atoms with van der Waals surface area (Å²) in [6.45, 7) is 6.83. The third kappa shape index (κ3) is 4.70. The van der Waals surface area contributed by atoms with Crippen molar-refractivity contribution in [2.45, 2.75) is 32.5 Å². The Kier molecular flexibility index (Phi) is 5.42. The molecule has 138 valence electrons. The van der Waals surface area contributed by atoms with E-state index in [9.17, 15) is 4.79 Å². The Balaban J connectivity index is 1.71. The second-order valence-electron chi connectivity index (χ2n) is 7.55. The normalized spacial score (nSPS) is 15.9. The summed E-state index contributed by atoms with van der Waals surface area (Å²) in [5.74, 6) is 1.01. The Bertz CT molecular complexity index is 734. The Morgan fingerprint density at radius 3 is 2.27 bits per heavy atom. The average molecular weight is 374 g/mol. The molecule has 0 aromatic heterocycles. The van der Waals surface area contributed by atoms with Crippen LogP contribution in [0.15, 0.2) is 54.6 Å². The summed E-state index contributed by atoms with van der Waals surface area (Å²) in [4.78, 5) is 13.9. The van der Waals surface area contributed by atoms with Gasteiger partial charge < -0.3 is 14.4 Å². The smallest absolute Gasteiger partial charge is 0.410 e. The van der Waals surface area contributed by atoms with Crippen molar-refractivity contribution in [3.8, 4) is 5.75 Å². The van der Waals surface area contributed by atoms with Crippen LogP contribution in [0.5, 0.6) is 5.75 Å². The topological polar surface area (TPSA) is 38.8 Å². The minimum Gasteiger partial charge on any atom is -0.485 e. The maximum atomic E-state index is 12.2. The van der Waals surface area contributed by atoms with Crippen LogP contribution in [-0.2, 0) is 4.74 Å². The van der Waals surface area contributed by atoms with Crippen molar-refractivity contribution in [3.05, 3.63) is 65.2 Å². The largest absolute Gasteiger partial charge is 0.485 e. The zero-order chi connectivity index (χ0) is 18.7. The molecule has 1 atom stereocenters. The highest BCUT2D eigenvalue weighted by atomic mass is 35.5. The maximum absolute atomic E-state index is 12.2. The molecule has 0 N–H and O–H groups in total. The Hall–Kier alpha value is -2.20. The van der Waals surface area contributed by atoms with Crippen molar-refractivity contribution < 1.29 is 14.3 Å². The van der Waals surface area contributed by atoms with Crippen LogP contribution < -0.4 is 4.74 Å². The summed E-state index contributed by atoms with van der Waals surface area (Å²) in [6.07, 6.45) is -0.420. The molecule has 4 nitrogen and oxygen atoms in total. The number of amides is 1. The van der Waals surface area contributed by atoms with E-state index in [1.54, 1.807) is 4.90 Å². The summed E-state index contributed by atoms with van der Waals surface area (Å²) >= 11 is 6.02. The summed E-state index contributed by atoms with van der Waals surface area (Å²) < 4.78 is 11.7. The molecule has 3 rings (SSSR count). The molecule has 2 aromatic rings. The molecular weight excluding hydrogens is 350 g/mol. The van der Waals surface area contributed by atoms with Crippen LogP contribution in [0, 0.1) is 5.92 Å². The molecule has 1 aliphatic heterocycles. The minimum absolute atomic E-state index is 0.145. The first-order valence-electron chi connectivity index (χ1n) is 8.77. The highest BCUT2D eigenvalue weighted by Gasteiger charge is 2.40. The zero-order valence-corrected chi connectivity index (χ0v) is 16.1. The van der Waals surface area contributed by atoms with Crippen LogP contribution in [0.4, 0.5) is 4.79 Å². The molecule has 2 aromatic carbocycles. The number of hydrogen-bond donors (Lipinski definition) is 0. The van der Waals surface area contributed by atoms with Crippen molar-refractivity contribution in [2.24, 2.45) is 5.92 Å². The van der Waals surface area contributed by atoms with Gasteiger partial charge in [-0.15, -0.1) is 0 Å². The Morgan fingerprint density at radius 2 is 1.69 bits per heavy atom. The van der Waals surface area contributed by atoms with E-state index in [2.05, 4.69) is 0 Å². The van der Waals surface area contributed by atoms with Crippen molar-refractivity contribution >= 4 is 17.7 Å². The van der Waals surface area contributed by atoms with Gasteiger partial charge in [0.1, 0.15) is 17.5 Å². The zero-order valence-electron chi connectivity index (χ0n) is 15.3. The molecule has 1 aliphatic rings. The fourth-order valence-electron chi connectivity index (χ4n) is 2.91. The predicted octanol–water partition coefficient (Wildman–Crippen LogP) is 5.33. The molecule has 26 heavy (non-hydrogen) atoms. The van der Waals surface area contributed by atoms with Gasteiger partial charge in [-0.05, 0) is 50.6 Å². The van der Waals surface area contributed by atoms with Crippen molar-refractivity contribution in [1.82, 2.24) is 4.90 Å². The third-order valence-corrected chi connectivity index (χ3v) is 4.45. The molecule has 0 radical (unpaired) electrons. The standard InChI is InChI=1S/C21H24ClNO3/c1-21(2,3)26-20(24)23-13-16(14-23)19(15-9-11-17(22)12-10-15)25-18-7-5-4-6-8-18/h4-12,16,19H,13-14H2,1-3H3. The molecule has 0 spiro atoms. The fraction of sp³-hybridized carbons (Fsp3) is 0.381. The molecule has 1 unspecified atom stereocenters. The minimum atomic E-state index is -0.488. The van der Waals surface area contributed by atoms with Gasteiger partial charge in [0.15, 0.2) is 0 Å². The molecule has 0 aliphatic carbocycles. The number of rotatable bonds is 4. The van der Waals surface area contributed by atoms with Crippen LogP contribution in [0.3, 0.4) is 0 Å². The molecule has 0 bridgehead atoms. The van der Waals surface area contributed by atoms with E-state index in [4.69, 9.17) is 21.1 Å². The lowest BCUT2D eigenvalue weighted by molar-refractivity contribution is -0.0254. The summed E-state index contributed by atoms with van der Waals surface area (Å²) in [5, 5.41) is 0.691. The first kappa shape index (κ1) is 18.6. The number of halogens is 1. The van der Waals surface area contributed by atoms with Gasteiger partial charge in [0.05, 0.1) is 0 Å². The average Bonchev–Trinajstić information content (AvgIpc) is 2.52. The Labute approximate surface area is 159 Å². The highest BCUT2D eigenvalue weighted by Crippen LogP contribution is 2.35. The van der Waals surface area contributed by atoms with Crippen molar-refractivity contribution in [1.29, 1.82) is 0 Å². The number of para-hydroxylation sites is 1. The number of nitrogens with zero attached hydrogens (tertiary/aromatic N) is 1. The third-order valence-electron chi connectivity index (χ3n) is 4.19. The number of likely N-dealkylation sites (tertiary alicyclic amines) is 1. The van der Waals surface area contributed by atoms with Gasteiger partial charge in [-0.1, -0.05) is 41.9 Å². The lowest BCUT2D eigenvalue weighted by Crippen LogP contribution is -2.54. The molecule has 1 saturated heterocycles. The lowest BCUT2D eigenvalue weighted by atomic mass is 9.89. The van der Waals surface area contributed by atoms with Gasteiger partial charge in [0, 0.05) is 24.0 Å². The second-order valence-corrected chi connectivity index (χ2v) is 7.98. The van der Waals surface area contributed by atoms with Gasteiger partial charge in [-0.25, -0.2) is 4.79 Å². The quantitative estimate of drug-likeness (QED) is 0.727. The number of carbonyl (C=O) groups excluding carboxylic acids is 1. The highest BCUT2D eigenvalue weighted by molar-refractivity contribution is 6.30. The van der Waals surface area contributed by atoms with Crippen LogP contribution in [0.1, 0.15) is 32.4 Å². The van der Waals surface area contributed by atoms with E-state index in [0.717, 1.165) is 11.3 Å². The first-order chi connectivity index (χ1) is 12.3. The van der Waals surface area contributed by atoms with Gasteiger partial charge in [-0.2, -0.15) is 0 Å². The maximum Gasteiger partial charge on any atom is 0.410 e. The van der Waals surface area contributed by atoms with E-state index in [0.29, 0.717) is 18.1 Å². The summed E-state index contributed by atoms with van der Waals surface area (Å²) in [5.41, 5.74) is 0.560. The van der Waals surface area contributed by atoms with Gasteiger partial charge in [-0.3, -0.25) is 0 Å². The van der Waals surface area contributed by atoms with Crippen LogP contribution in [0.2, 0.25) is 5.02 Å². The molecule has 1 amide bonds. The number of ether oxygens (including phenoxy) is 2. The second kappa shape index (κ2) is 7.58. The molecule has 1 heterocycles. The van der Waals surface area contributed by atoms with Crippen molar-refractivity contribution in [3.63, 3.8) is 0 Å². The number of benzene rings is 2. The molecule has 5 heteroatoms. The predicted molar refractivity (Wildman–Crippen MR) is 103 cm³/mol. The van der Waals surface area contributed by atoms with E-state index >= 15 is 0 Å². The molecular formula is C21H24ClNO3. The Morgan fingerprint density at radius 1 is 1.08 bits per heavy atom. The van der Waals surface area contributed by atoms with E-state index in [1.807, 2.05) is 75.4 Å². The van der Waals surface area contributed by atoms with E-state index in [1.165, 1.54) is 0 Å². The van der Waals surface area contributed by atoms with Gasteiger partial charge >= 0.3 is 6.09 Å². The lowest BCUT2D eigenvalue weighted by Gasteiger charge is -2.43. The summed E-state index contributed by atoms with van der Waals surface area (Å²) in [7, 11) is 0. The van der Waals surface area contributed by atoms with Crippen molar-refractivity contribution in [2.75, 3.05) is 13.1 Å². The SMILES string of the molecule is CC(C)(C)OC(=O)N1CC(C(Oc2ccccc2)c2ccc(Cl)cc2)C1. The van der Waals surface area contributed by atoms with Crippen LogP contribution in [-0.4, -0.2) is 29.7 Å². The van der Waals surface area contributed by atoms with Crippen LogP contribution in [0.25, 0.3) is 0 Å². The fourth-order valence-corrected chi connectivity index (χ4v) is 3.04. The van der Waals surface area contributed by atoms with E-state index < -0.39 is 5.60 Å². The van der Waals surface area contributed by atoms with E-state index in [-0.39, 0.29) is 18.1 Å². The van der Waals surface area contributed by atoms with Crippen LogP contribution >= 0.6 is 11.6 Å². The first-order valence-corrected chi connectivity index (χ1v) is 9.15. The molecule has 1 fully saturated rings.